The fraction of sp³-hybridized carbons (Fsp3) is 0.588. The van der Waals surface area contributed by atoms with Crippen LogP contribution in [-0.2, 0) is 9.53 Å². The molecule has 1 aromatic rings. The molecule has 6 nitrogen and oxygen atoms in total. The van der Waals surface area contributed by atoms with Gasteiger partial charge in [-0.05, 0) is 48.9 Å². The molecule has 1 aliphatic carbocycles. The molecule has 0 spiro atoms. The van der Waals surface area contributed by atoms with Crippen molar-refractivity contribution in [3.05, 3.63) is 24.3 Å². The molecule has 3 aliphatic rings. The highest BCUT2D eigenvalue weighted by atomic mass is 16.6. The maximum absolute atomic E-state index is 12.4. The lowest BCUT2D eigenvalue weighted by Gasteiger charge is -2.24. The van der Waals surface area contributed by atoms with E-state index in [-0.39, 0.29) is 12.0 Å². The Morgan fingerprint density at radius 2 is 1.96 bits per heavy atom. The van der Waals surface area contributed by atoms with E-state index in [4.69, 9.17) is 10.5 Å². The smallest absolute Gasteiger partial charge is 0.238 e. The van der Waals surface area contributed by atoms with E-state index in [9.17, 15) is 9.90 Å². The number of hydrogen-bond acceptors (Lipinski definition) is 5. The number of rotatable bonds is 3. The molecule has 1 amide bonds. The molecule has 3 N–H and O–H groups in total. The standard InChI is InChI=1S/C17H23N3O3/c18-9-15-10-20(17(22)23-15)14-3-1-13(2-4-14)19-6-5-11-7-12(11)8-16(19)21/h1-4,11-12,15,17,22H,5-10,18H2. The van der Waals surface area contributed by atoms with Crippen LogP contribution in [0.2, 0.25) is 0 Å². The molecule has 1 saturated carbocycles. The number of ether oxygens (including phenoxy) is 1. The van der Waals surface area contributed by atoms with Crippen molar-refractivity contribution in [3.8, 4) is 0 Å². The summed E-state index contributed by atoms with van der Waals surface area (Å²) in [4.78, 5) is 16.0. The minimum Gasteiger partial charge on any atom is -0.351 e. The van der Waals surface area contributed by atoms with Crippen LogP contribution in [0.1, 0.15) is 19.3 Å². The maximum Gasteiger partial charge on any atom is 0.238 e. The summed E-state index contributed by atoms with van der Waals surface area (Å²) in [5, 5.41) is 9.96. The summed E-state index contributed by atoms with van der Waals surface area (Å²) in [7, 11) is 0. The van der Waals surface area contributed by atoms with Crippen LogP contribution < -0.4 is 15.5 Å². The number of carbonyl (C=O) groups excluding carboxylic acids is 1. The first-order valence-corrected chi connectivity index (χ1v) is 8.36. The zero-order chi connectivity index (χ0) is 16.0. The van der Waals surface area contributed by atoms with Crippen molar-refractivity contribution in [1.82, 2.24) is 0 Å². The summed E-state index contributed by atoms with van der Waals surface area (Å²) < 4.78 is 5.37. The number of aliphatic hydroxyl groups excluding tert-OH is 1. The third-order valence-electron chi connectivity index (χ3n) is 5.27. The van der Waals surface area contributed by atoms with Gasteiger partial charge in [0.2, 0.25) is 12.3 Å². The number of aliphatic hydroxyl groups is 1. The van der Waals surface area contributed by atoms with Crippen molar-refractivity contribution >= 4 is 17.3 Å². The van der Waals surface area contributed by atoms with E-state index in [1.54, 1.807) is 4.90 Å². The molecule has 0 bridgehead atoms. The predicted octanol–water partition coefficient (Wildman–Crippen LogP) is 0.889. The van der Waals surface area contributed by atoms with Crippen molar-refractivity contribution in [3.63, 3.8) is 0 Å². The summed E-state index contributed by atoms with van der Waals surface area (Å²) in [6, 6.07) is 7.76. The van der Waals surface area contributed by atoms with Gasteiger partial charge in [0.15, 0.2) is 0 Å². The van der Waals surface area contributed by atoms with Crippen LogP contribution in [0.5, 0.6) is 0 Å². The molecule has 4 atom stereocenters. The lowest BCUT2D eigenvalue weighted by molar-refractivity contribution is -0.118. The first-order chi connectivity index (χ1) is 11.2. The van der Waals surface area contributed by atoms with Gasteiger partial charge in [-0.2, -0.15) is 0 Å². The number of hydrogen-bond donors (Lipinski definition) is 2. The van der Waals surface area contributed by atoms with Crippen molar-refractivity contribution in [1.29, 1.82) is 0 Å². The molecule has 6 heteroatoms. The Morgan fingerprint density at radius 1 is 1.22 bits per heavy atom. The summed E-state index contributed by atoms with van der Waals surface area (Å²) in [5.74, 6) is 1.61. The van der Waals surface area contributed by atoms with Gasteiger partial charge in [-0.15, -0.1) is 0 Å². The van der Waals surface area contributed by atoms with Crippen LogP contribution >= 0.6 is 0 Å². The van der Waals surface area contributed by atoms with Gasteiger partial charge in [-0.3, -0.25) is 4.79 Å². The Hall–Kier alpha value is -1.63. The summed E-state index contributed by atoms with van der Waals surface area (Å²) >= 11 is 0. The molecule has 0 aromatic heterocycles. The van der Waals surface area contributed by atoms with Gasteiger partial charge in [0.1, 0.15) is 0 Å². The second-order valence-electron chi connectivity index (χ2n) is 6.78. The molecule has 2 saturated heterocycles. The molecule has 2 heterocycles. The Morgan fingerprint density at radius 3 is 2.65 bits per heavy atom. The van der Waals surface area contributed by atoms with E-state index in [1.165, 1.54) is 6.42 Å². The molecule has 1 aromatic carbocycles. The molecule has 4 unspecified atom stereocenters. The molecular weight excluding hydrogens is 294 g/mol. The van der Waals surface area contributed by atoms with E-state index < -0.39 is 6.41 Å². The predicted molar refractivity (Wildman–Crippen MR) is 86.9 cm³/mol. The van der Waals surface area contributed by atoms with Crippen molar-refractivity contribution in [2.24, 2.45) is 17.6 Å². The Labute approximate surface area is 135 Å². The molecule has 2 aliphatic heterocycles. The fourth-order valence-corrected chi connectivity index (χ4v) is 3.73. The normalized spacial score (nSPS) is 33.6. The highest BCUT2D eigenvalue weighted by Crippen LogP contribution is 2.46. The minimum atomic E-state index is -0.957. The lowest BCUT2D eigenvalue weighted by Crippen LogP contribution is -2.32. The number of benzene rings is 1. The number of nitrogens with two attached hydrogens (primary N) is 1. The molecule has 124 valence electrons. The number of amides is 1. The first-order valence-electron chi connectivity index (χ1n) is 8.36. The zero-order valence-electron chi connectivity index (χ0n) is 13.1. The van der Waals surface area contributed by atoms with Crippen LogP contribution in [0.4, 0.5) is 11.4 Å². The highest BCUT2D eigenvalue weighted by molar-refractivity contribution is 5.94. The molecule has 3 fully saturated rings. The number of fused-ring (bicyclic) bond motifs is 1. The van der Waals surface area contributed by atoms with Gasteiger partial charge < -0.3 is 25.4 Å². The van der Waals surface area contributed by atoms with E-state index in [0.717, 1.165) is 30.3 Å². The van der Waals surface area contributed by atoms with Gasteiger partial charge in [-0.25, -0.2) is 0 Å². The van der Waals surface area contributed by atoms with Crippen LogP contribution in [0, 0.1) is 11.8 Å². The summed E-state index contributed by atoms with van der Waals surface area (Å²) in [5.41, 5.74) is 7.41. The van der Waals surface area contributed by atoms with Crippen LogP contribution in [0.3, 0.4) is 0 Å². The Kier molecular flexibility index (Phi) is 3.75. The van der Waals surface area contributed by atoms with E-state index in [1.807, 2.05) is 29.2 Å². The van der Waals surface area contributed by atoms with Gasteiger partial charge in [0, 0.05) is 30.9 Å². The molecule has 23 heavy (non-hydrogen) atoms. The third kappa shape index (κ3) is 2.82. The highest BCUT2D eigenvalue weighted by Gasteiger charge is 2.42. The molecule has 0 radical (unpaired) electrons. The van der Waals surface area contributed by atoms with E-state index in [2.05, 4.69) is 0 Å². The average Bonchev–Trinajstić information content (AvgIpc) is 3.20. The van der Waals surface area contributed by atoms with E-state index in [0.29, 0.717) is 25.4 Å². The second kappa shape index (κ2) is 5.78. The Bertz CT molecular complexity index is 591. The largest absolute Gasteiger partial charge is 0.351 e. The fourth-order valence-electron chi connectivity index (χ4n) is 3.73. The van der Waals surface area contributed by atoms with Gasteiger partial charge >= 0.3 is 0 Å². The van der Waals surface area contributed by atoms with Crippen molar-refractivity contribution < 1.29 is 14.6 Å². The van der Waals surface area contributed by atoms with Crippen molar-refractivity contribution in [2.75, 3.05) is 29.4 Å². The monoisotopic (exact) mass is 317 g/mol. The Balaban J connectivity index is 1.48. The topological polar surface area (TPSA) is 79.0 Å². The van der Waals surface area contributed by atoms with Gasteiger partial charge in [0.05, 0.1) is 12.6 Å². The van der Waals surface area contributed by atoms with Gasteiger partial charge in [0.25, 0.3) is 0 Å². The van der Waals surface area contributed by atoms with Gasteiger partial charge in [-0.1, -0.05) is 0 Å². The van der Waals surface area contributed by atoms with E-state index >= 15 is 0 Å². The minimum absolute atomic E-state index is 0.149. The maximum atomic E-state index is 12.4. The average molecular weight is 317 g/mol. The first kappa shape index (κ1) is 14.9. The molecule has 4 rings (SSSR count). The van der Waals surface area contributed by atoms with Crippen molar-refractivity contribution in [2.45, 2.75) is 31.8 Å². The SMILES string of the molecule is NCC1CN(c2ccc(N3CCC4CC4CC3=O)cc2)C(O)O1. The number of anilines is 2. The number of nitrogens with zero attached hydrogens (tertiary/aromatic N) is 2. The summed E-state index contributed by atoms with van der Waals surface area (Å²) in [6.07, 6.45) is 1.91. The second-order valence-corrected chi connectivity index (χ2v) is 6.78. The molecular formula is C17H23N3O3. The van der Waals surface area contributed by atoms with Crippen LogP contribution in [0.15, 0.2) is 24.3 Å². The number of carbonyl (C=O) groups is 1. The van der Waals surface area contributed by atoms with Crippen LogP contribution in [0.25, 0.3) is 0 Å². The quantitative estimate of drug-likeness (QED) is 0.865. The van der Waals surface area contributed by atoms with Crippen LogP contribution in [-0.4, -0.2) is 43.2 Å². The summed E-state index contributed by atoms with van der Waals surface area (Å²) in [6.45, 7) is 1.77. The zero-order valence-corrected chi connectivity index (χ0v) is 13.1. The third-order valence-corrected chi connectivity index (χ3v) is 5.27. The lowest BCUT2D eigenvalue weighted by atomic mass is 10.2.